The largest absolute Gasteiger partial charge is 0.299 e. The maximum Gasteiger partial charge on any atom is 0.181 e. The van der Waals surface area contributed by atoms with Gasteiger partial charge in [-0.05, 0) is 38.3 Å². The van der Waals surface area contributed by atoms with Crippen LogP contribution in [0.1, 0.15) is 32.3 Å². The van der Waals surface area contributed by atoms with Gasteiger partial charge in [-0.1, -0.05) is 36.8 Å². The fourth-order valence-corrected chi connectivity index (χ4v) is 4.92. The summed E-state index contributed by atoms with van der Waals surface area (Å²) < 4.78 is 25.7. The van der Waals surface area contributed by atoms with Crippen LogP contribution in [0.3, 0.4) is 0 Å². The molecule has 2 rings (SSSR count). The zero-order valence-corrected chi connectivity index (χ0v) is 13.6. The fourth-order valence-electron chi connectivity index (χ4n) is 2.88. The van der Waals surface area contributed by atoms with Crippen LogP contribution in [-0.2, 0) is 14.6 Å². The highest BCUT2D eigenvalue weighted by atomic mass is 32.2. The summed E-state index contributed by atoms with van der Waals surface area (Å²) in [6.45, 7) is 9.40. The lowest BCUT2D eigenvalue weighted by Crippen LogP contribution is -2.40. The minimum absolute atomic E-state index is 0.0231. The predicted molar refractivity (Wildman–Crippen MR) is 83.9 cm³/mol. The molecule has 1 saturated carbocycles. The highest BCUT2D eigenvalue weighted by Gasteiger charge is 2.42. The number of aryl methyl sites for hydroxylation is 1. The monoisotopic (exact) mass is 306 g/mol. The first kappa shape index (κ1) is 16.0. The van der Waals surface area contributed by atoms with Gasteiger partial charge in [-0.15, -0.1) is 0 Å². The molecule has 0 saturated heterocycles. The third-order valence-electron chi connectivity index (χ3n) is 4.47. The molecule has 0 bridgehead atoms. The van der Waals surface area contributed by atoms with Gasteiger partial charge in [-0.2, -0.15) is 0 Å². The number of sulfone groups is 1. The molecule has 1 aromatic carbocycles. The summed E-state index contributed by atoms with van der Waals surface area (Å²) in [6.07, 6.45) is 0.898. The lowest BCUT2D eigenvalue weighted by molar-refractivity contribution is -0.124. The predicted octanol–water partition coefficient (Wildman–Crippen LogP) is 3.33. The Morgan fingerprint density at radius 1 is 1.24 bits per heavy atom. The summed E-state index contributed by atoms with van der Waals surface area (Å²) in [5.41, 5.74) is 1.90. The Morgan fingerprint density at radius 3 is 2.33 bits per heavy atom. The summed E-state index contributed by atoms with van der Waals surface area (Å²) in [5.74, 6) is -0.458. The SMILES string of the molecule is C=C(C)[C@@H]1CC(=O)[C@H](C)[C@@H](S(=O)(=O)c2ccc(C)cc2)C1. The zero-order chi connectivity index (χ0) is 15.8. The van der Waals surface area contributed by atoms with Crippen molar-refractivity contribution in [1.29, 1.82) is 0 Å². The topological polar surface area (TPSA) is 51.2 Å². The Hall–Kier alpha value is -1.42. The molecule has 0 amide bonds. The van der Waals surface area contributed by atoms with E-state index in [1.807, 2.05) is 13.8 Å². The standard InChI is InChI=1S/C17H22O3S/c1-11(2)14-9-16(18)13(4)17(10-14)21(19,20)15-7-5-12(3)6-8-15/h5-8,13-14,17H,1,9-10H2,2-4H3/t13-,14+,17-/m0/s1. The summed E-state index contributed by atoms with van der Waals surface area (Å²) in [6, 6.07) is 6.84. The number of ketones is 1. The minimum Gasteiger partial charge on any atom is -0.299 e. The Kier molecular flexibility index (Phi) is 4.38. The highest BCUT2D eigenvalue weighted by Crippen LogP contribution is 2.36. The van der Waals surface area contributed by atoms with Crippen molar-refractivity contribution in [3.8, 4) is 0 Å². The van der Waals surface area contributed by atoms with Gasteiger partial charge in [0.05, 0.1) is 10.1 Å². The maximum absolute atomic E-state index is 12.8. The number of hydrogen-bond donors (Lipinski definition) is 0. The van der Waals surface area contributed by atoms with Crippen LogP contribution in [0.5, 0.6) is 0 Å². The van der Waals surface area contributed by atoms with Gasteiger partial charge >= 0.3 is 0 Å². The quantitative estimate of drug-likeness (QED) is 0.805. The molecule has 1 aliphatic carbocycles. The van der Waals surface area contributed by atoms with E-state index in [0.717, 1.165) is 11.1 Å². The van der Waals surface area contributed by atoms with E-state index in [1.54, 1.807) is 31.2 Å². The molecule has 21 heavy (non-hydrogen) atoms. The normalized spacial score (nSPS) is 26.6. The van der Waals surface area contributed by atoms with E-state index in [0.29, 0.717) is 17.7 Å². The van der Waals surface area contributed by atoms with Crippen molar-refractivity contribution in [3.63, 3.8) is 0 Å². The Morgan fingerprint density at radius 2 is 1.81 bits per heavy atom. The molecule has 1 aliphatic rings. The van der Waals surface area contributed by atoms with Gasteiger partial charge in [0.25, 0.3) is 0 Å². The first-order valence-electron chi connectivity index (χ1n) is 7.22. The molecule has 0 N–H and O–H groups in total. The molecule has 0 spiro atoms. The zero-order valence-electron chi connectivity index (χ0n) is 12.8. The van der Waals surface area contributed by atoms with Crippen molar-refractivity contribution in [2.75, 3.05) is 0 Å². The molecule has 1 aromatic rings. The maximum atomic E-state index is 12.8. The van der Waals surface area contributed by atoms with E-state index in [4.69, 9.17) is 0 Å². The summed E-state index contributed by atoms with van der Waals surface area (Å²) in [7, 11) is -3.49. The second-order valence-electron chi connectivity index (χ2n) is 6.13. The average molecular weight is 306 g/mol. The second-order valence-corrected chi connectivity index (χ2v) is 8.30. The number of Topliss-reactive ketones (excluding diaryl/α,β-unsaturated/α-hetero) is 1. The molecular formula is C17H22O3S. The van der Waals surface area contributed by atoms with E-state index >= 15 is 0 Å². The molecule has 114 valence electrons. The smallest absolute Gasteiger partial charge is 0.181 e. The average Bonchev–Trinajstić information content (AvgIpc) is 2.41. The molecule has 4 heteroatoms. The molecule has 0 unspecified atom stereocenters. The van der Waals surface area contributed by atoms with Gasteiger partial charge < -0.3 is 0 Å². The Balaban J connectivity index is 2.39. The summed E-state index contributed by atoms with van der Waals surface area (Å²) in [5, 5.41) is -0.650. The molecule has 0 aromatic heterocycles. The fraction of sp³-hybridized carbons (Fsp3) is 0.471. The Labute approximate surface area is 127 Å². The van der Waals surface area contributed by atoms with Crippen LogP contribution in [0.15, 0.2) is 41.3 Å². The minimum atomic E-state index is -3.49. The Bertz CT molecular complexity index is 656. The van der Waals surface area contributed by atoms with Gasteiger partial charge in [0.2, 0.25) is 0 Å². The van der Waals surface area contributed by atoms with Crippen molar-refractivity contribution >= 4 is 15.6 Å². The molecule has 3 atom stereocenters. The van der Waals surface area contributed by atoms with Crippen molar-refractivity contribution in [2.24, 2.45) is 11.8 Å². The van der Waals surface area contributed by atoms with Gasteiger partial charge in [0.1, 0.15) is 5.78 Å². The number of hydrogen-bond acceptors (Lipinski definition) is 3. The number of carbonyl (C=O) groups excluding carboxylic acids is 1. The van der Waals surface area contributed by atoms with Crippen LogP contribution < -0.4 is 0 Å². The van der Waals surface area contributed by atoms with Crippen LogP contribution in [0.2, 0.25) is 0 Å². The van der Waals surface area contributed by atoms with E-state index in [2.05, 4.69) is 6.58 Å². The van der Waals surface area contributed by atoms with E-state index in [9.17, 15) is 13.2 Å². The molecular weight excluding hydrogens is 284 g/mol. The first-order chi connectivity index (χ1) is 9.73. The van der Waals surface area contributed by atoms with Crippen LogP contribution >= 0.6 is 0 Å². The molecule has 0 aliphatic heterocycles. The van der Waals surface area contributed by atoms with Crippen molar-refractivity contribution in [1.82, 2.24) is 0 Å². The highest BCUT2D eigenvalue weighted by molar-refractivity contribution is 7.92. The first-order valence-corrected chi connectivity index (χ1v) is 8.76. The lowest BCUT2D eigenvalue weighted by atomic mass is 9.79. The van der Waals surface area contributed by atoms with Crippen molar-refractivity contribution < 1.29 is 13.2 Å². The van der Waals surface area contributed by atoms with Crippen molar-refractivity contribution in [3.05, 3.63) is 42.0 Å². The van der Waals surface area contributed by atoms with Crippen LogP contribution in [0.4, 0.5) is 0 Å². The molecule has 1 fully saturated rings. The molecule has 3 nitrogen and oxygen atoms in total. The molecule has 0 heterocycles. The van der Waals surface area contributed by atoms with Crippen molar-refractivity contribution in [2.45, 2.75) is 43.8 Å². The third-order valence-corrected chi connectivity index (χ3v) is 6.80. The van der Waals surface area contributed by atoms with Gasteiger partial charge in [0, 0.05) is 12.3 Å². The van der Waals surface area contributed by atoms with Crippen LogP contribution in [0, 0.1) is 18.8 Å². The molecule has 0 radical (unpaired) electrons. The second kappa shape index (κ2) is 5.76. The number of carbonyl (C=O) groups is 1. The number of benzene rings is 1. The van der Waals surface area contributed by atoms with E-state index in [-0.39, 0.29) is 11.7 Å². The van der Waals surface area contributed by atoms with Gasteiger partial charge in [-0.25, -0.2) is 8.42 Å². The van der Waals surface area contributed by atoms with Gasteiger partial charge in [0.15, 0.2) is 9.84 Å². The summed E-state index contributed by atoms with van der Waals surface area (Å²) >= 11 is 0. The van der Waals surface area contributed by atoms with Crippen LogP contribution in [0.25, 0.3) is 0 Å². The number of allylic oxidation sites excluding steroid dienone is 1. The van der Waals surface area contributed by atoms with Crippen LogP contribution in [-0.4, -0.2) is 19.5 Å². The van der Waals surface area contributed by atoms with E-state index < -0.39 is 21.0 Å². The third kappa shape index (κ3) is 3.10. The summed E-state index contributed by atoms with van der Waals surface area (Å²) in [4.78, 5) is 12.5. The van der Waals surface area contributed by atoms with E-state index in [1.165, 1.54) is 0 Å². The number of rotatable bonds is 3. The van der Waals surface area contributed by atoms with Gasteiger partial charge in [-0.3, -0.25) is 4.79 Å². The lowest BCUT2D eigenvalue weighted by Gasteiger charge is -2.33.